The van der Waals surface area contributed by atoms with E-state index < -0.39 is 0 Å². The molecule has 2 aromatic carbocycles. The fourth-order valence-corrected chi connectivity index (χ4v) is 3.72. The predicted molar refractivity (Wildman–Crippen MR) is 117 cm³/mol. The Morgan fingerprint density at radius 2 is 1.77 bits per heavy atom. The average molecular weight is 399 g/mol. The number of aromatic nitrogens is 5. The van der Waals surface area contributed by atoms with Gasteiger partial charge in [0.1, 0.15) is 0 Å². The van der Waals surface area contributed by atoms with Gasteiger partial charge in [0.25, 0.3) is 0 Å². The van der Waals surface area contributed by atoms with E-state index in [2.05, 4.69) is 62.9 Å². The van der Waals surface area contributed by atoms with Crippen LogP contribution >= 0.6 is 0 Å². The Bertz CT molecular complexity index is 1090. The molecule has 0 aliphatic rings. The summed E-state index contributed by atoms with van der Waals surface area (Å²) in [6.45, 7) is 2.22. The molecule has 4 aromatic rings. The van der Waals surface area contributed by atoms with Crippen LogP contribution in [0.4, 0.5) is 0 Å². The Balaban J connectivity index is 1.62. The van der Waals surface area contributed by atoms with Crippen LogP contribution in [0.5, 0.6) is 0 Å². The number of aliphatic hydroxyl groups is 1. The number of hydrogen-bond acceptors (Lipinski definition) is 5. The smallest absolute Gasteiger partial charge is 0.205 e. The maximum Gasteiger partial charge on any atom is 0.205 e. The van der Waals surface area contributed by atoms with Gasteiger partial charge < -0.3 is 5.11 Å². The summed E-state index contributed by atoms with van der Waals surface area (Å²) in [6.07, 6.45) is 5.73. The van der Waals surface area contributed by atoms with Crippen molar-refractivity contribution >= 4 is 0 Å². The summed E-state index contributed by atoms with van der Waals surface area (Å²) in [7, 11) is 0. The number of aliphatic hydroxyl groups excluding tert-OH is 1. The first-order chi connectivity index (χ1) is 14.8. The number of unbranched alkanes of at least 4 members (excludes halogenated alkanes) is 1. The molecule has 0 atom stereocenters. The van der Waals surface area contributed by atoms with E-state index in [-0.39, 0.29) is 6.61 Å². The van der Waals surface area contributed by atoms with Gasteiger partial charge in [0.15, 0.2) is 0 Å². The number of rotatable bonds is 8. The molecule has 2 heterocycles. The lowest BCUT2D eigenvalue weighted by Crippen LogP contribution is -2.04. The molecule has 0 aliphatic carbocycles. The molecular formula is C24H25N5O. The highest BCUT2D eigenvalue weighted by atomic mass is 16.3. The highest BCUT2D eigenvalue weighted by Gasteiger charge is 2.12. The van der Waals surface area contributed by atoms with E-state index in [1.807, 2.05) is 24.3 Å². The molecule has 0 radical (unpaired) electrons. The van der Waals surface area contributed by atoms with Crippen molar-refractivity contribution in [1.82, 2.24) is 25.6 Å². The molecule has 0 bridgehead atoms. The number of nitrogens with zero attached hydrogens (tertiary/aromatic N) is 4. The van der Waals surface area contributed by atoms with E-state index in [1.165, 1.54) is 5.56 Å². The highest BCUT2D eigenvalue weighted by Crippen LogP contribution is 2.30. The molecule has 0 saturated carbocycles. The molecule has 152 valence electrons. The fourth-order valence-electron chi connectivity index (χ4n) is 3.72. The van der Waals surface area contributed by atoms with Gasteiger partial charge >= 0.3 is 0 Å². The van der Waals surface area contributed by atoms with E-state index >= 15 is 0 Å². The Morgan fingerprint density at radius 3 is 2.47 bits per heavy atom. The number of H-pyrrole nitrogens is 1. The SMILES string of the molecule is CCCCc1nccc(CO)c1Cc1ccc(-c2ccccc2-c2nn[nH]n2)cc1. The summed E-state index contributed by atoms with van der Waals surface area (Å²) in [5.41, 5.74) is 7.49. The molecule has 4 rings (SSSR count). The molecule has 2 N–H and O–H groups in total. The van der Waals surface area contributed by atoms with Gasteiger partial charge in [-0.25, -0.2) is 0 Å². The zero-order valence-corrected chi connectivity index (χ0v) is 17.0. The molecule has 6 nitrogen and oxygen atoms in total. The second-order valence-electron chi connectivity index (χ2n) is 7.31. The lowest BCUT2D eigenvalue weighted by molar-refractivity contribution is 0.280. The molecule has 0 amide bonds. The van der Waals surface area contributed by atoms with Crippen molar-refractivity contribution in [1.29, 1.82) is 0 Å². The summed E-state index contributed by atoms with van der Waals surface area (Å²) >= 11 is 0. The molecular weight excluding hydrogens is 374 g/mol. The normalized spacial score (nSPS) is 11.0. The molecule has 30 heavy (non-hydrogen) atoms. The van der Waals surface area contributed by atoms with Crippen LogP contribution < -0.4 is 0 Å². The summed E-state index contributed by atoms with van der Waals surface area (Å²) in [5.74, 6) is 0.582. The first kappa shape index (κ1) is 19.9. The monoisotopic (exact) mass is 399 g/mol. The van der Waals surface area contributed by atoms with Crippen molar-refractivity contribution in [2.45, 2.75) is 39.2 Å². The quantitative estimate of drug-likeness (QED) is 0.460. The van der Waals surface area contributed by atoms with Crippen molar-refractivity contribution in [2.24, 2.45) is 0 Å². The summed E-state index contributed by atoms with van der Waals surface area (Å²) < 4.78 is 0. The minimum atomic E-state index is 0.0349. The van der Waals surface area contributed by atoms with E-state index in [4.69, 9.17) is 0 Å². The topological polar surface area (TPSA) is 87.6 Å². The first-order valence-corrected chi connectivity index (χ1v) is 10.3. The first-order valence-electron chi connectivity index (χ1n) is 10.3. The van der Waals surface area contributed by atoms with Crippen LogP contribution in [-0.2, 0) is 19.4 Å². The number of aryl methyl sites for hydroxylation is 1. The second kappa shape index (κ2) is 9.41. The number of pyridine rings is 1. The molecule has 6 heteroatoms. The zero-order chi connectivity index (χ0) is 20.8. The third-order valence-electron chi connectivity index (χ3n) is 5.34. The summed E-state index contributed by atoms with van der Waals surface area (Å²) in [4.78, 5) is 4.59. The number of benzene rings is 2. The lowest BCUT2D eigenvalue weighted by atomic mass is 9.94. The number of nitrogens with one attached hydrogen (secondary N) is 1. The molecule has 0 unspecified atom stereocenters. The van der Waals surface area contributed by atoms with Crippen molar-refractivity contribution in [3.05, 3.63) is 83.2 Å². The van der Waals surface area contributed by atoms with Crippen LogP contribution in [0.3, 0.4) is 0 Å². The van der Waals surface area contributed by atoms with Crippen LogP contribution in [0.15, 0.2) is 60.8 Å². The Labute approximate surface area is 176 Å². The number of tetrazole rings is 1. The predicted octanol–water partition coefficient (Wildman–Crippen LogP) is 4.35. The van der Waals surface area contributed by atoms with Gasteiger partial charge in [-0.3, -0.25) is 4.98 Å². The maximum absolute atomic E-state index is 9.81. The van der Waals surface area contributed by atoms with Crippen LogP contribution in [0, 0.1) is 0 Å². The van der Waals surface area contributed by atoms with Crippen LogP contribution in [0.1, 0.15) is 42.1 Å². The van der Waals surface area contributed by atoms with Crippen LogP contribution in [0.25, 0.3) is 22.5 Å². The standard InChI is InChI=1S/C24H25N5O/c1-2-3-8-23-22(19(16-30)13-14-25-23)15-17-9-11-18(12-10-17)20-6-4-5-7-21(20)24-26-28-29-27-24/h4-7,9-14,30H,2-3,8,15-16H2,1H3,(H,26,27,28,29). The fraction of sp³-hybridized carbons (Fsp3) is 0.250. The second-order valence-corrected chi connectivity index (χ2v) is 7.31. The molecule has 0 saturated heterocycles. The van der Waals surface area contributed by atoms with Gasteiger partial charge in [-0.1, -0.05) is 61.9 Å². The van der Waals surface area contributed by atoms with Crippen molar-refractivity contribution in [3.63, 3.8) is 0 Å². The van der Waals surface area contributed by atoms with Crippen molar-refractivity contribution < 1.29 is 5.11 Å². The van der Waals surface area contributed by atoms with Crippen LogP contribution in [0.2, 0.25) is 0 Å². The van der Waals surface area contributed by atoms with Crippen LogP contribution in [-0.4, -0.2) is 30.7 Å². The third kappa shape index (κ3) is 4.28. The lowest BCUT2D eigenvalue weighted by Gasteiger charge is -2.13. The van der Waals surface area contributed by atoms with Gasteiger partial charge in [-0.05, 0) is 58.4 Å². The third-order valence-corrected chi connectivity index (χ3v) is 5.34. The van der Waals surface area contributed by atoms with Gasteiger partial charge in [0.2, 0.25) is 5.82 Å². The summed E-state index contributed by atoms with van der Waals surface area (Å²) in [5, 5.41) is 24.3. The average Bonchev–Trinajstić information content (AvgIpc) is 3.34. The van der Waals surface area contributed by atoms with Crippen molar-refractivity contribution in [2.75, 3.05) is 0 Å². The number of aromatic amines is 1. The maximum atomic E-state index is 9.81. The van der Waals surface area contributed by atoms with E-state index in [0.29, 0.717) is 5.82 Å². The molecule has 0 fully saturated rings. The van der Waals surface area contributed by atoms with Crippen molar-refractivity contribution in [3.8, 4) is 22.5 Å². The van der Waals surface area contributed by atoms with Gasteiger partial charge in [-0.15, -0.1) is 10.2 Å². The Hall–Kier alpha value is -3.38. The molecule has 0 spiro atoms. The molecule has 0 aliphatic heterocycles. The Morgan fingerprint density at radius 1 is 0.967 bits per heavy atom. The van der Waals surface area contributed by atoms with E-state index in [1.54, 1.807) is 6.20 Å². The molecule has 2 aromatic heterocycles. The largest absolute Gasteiger partial charge is 0.392 e. The highest BCUT2D eigenvalue weighted by molar-refractivity contribution is 5.80. The van der Waals surface area contributed by atoms with Gasteiger partial charge in [0.05, 0.1) is 6.61 Å². The van der Waals surface area contributed by atoms with E-state index in [9.17, 15) is 5.11 Å². The number of hydrogen-bond donors (Lipinski definition) is 2. The van der Waals surface area contributed by atoms with E-state index in [0.717, 1.165) is 59.2 Å². The summed E-state index contributed by atoms with van der Waals surface area (Å²) in [6, 6.07) is 18.5. The Kier molecular flexibility index (Phi) is 6.25. The van der Waals surface area contributed by atoms with Gasteiger partial charge in [-0.2, -0.15) is 5.21 Å². The zero-order valence-electron chi connectivity index (χ0n) is 17.0. The minimum Gasteiger partial charge on any atom is -0.392 e. The minimum absolute atomic E-state index is 0.0349. The van der Waals surface area contributed by atoms with Gasteiger partial charge in [0, 0.05) is 17.5 Å².